The van der Waals surface area contributed by atoms with Crippen molar-refractivity contribution in [3.05, 3.63) is 99.6 Å². The van der Waals surface area contributed by atoms with Crippen LogP contribution in [0.25, 0.3) is 0 Å². The summed E-state index contributed by atoms with van der Waals surface area (Å²) in [6.07, 6.45) is -0.745. The number of rotatable bonds is 13. The van der Waals surface area contributed by atoms with E-state index in [0.29, 0.717) is 21.4 Å². The first-order valence-electron chi connectivity index (χ1n) is 14.4. The van der Waals surface area contributed by atoms with Gasteiger partial charge in [0.05, 0.1) is 0 Å². The number of oxime groups is 1. The van der Waals surface area contributed by atoms with E-state index in [4.69, 9.17) is 21.2 Å². The van der Waals surface area contributed by atoms with Crippen LogP contribution >= 0.6 is 71.0 Å². The van der Waals surface area contributed by atoms with Crippen LogP contribution < -0.4 is 22.3 Å². The molecule has 1 unspecified atom stereocenters. The van der Waals surface area contributed by atoms with Crippen LogP contribution in [0.3, 0.4) is 0 Å². The van der Waals surface area contributed by atoms with E-state index in [9.17, 15) is 19.2 Å². The van der Waals surface area contributed by atoms with E-state index < -0.39 is 47.8 Å². The Morgan fingerprint density at radius 2 is 1.75 bits per heavy atom. The third-order valence-electron chi connectivity index (χ3n) is 7.16. The monoisotopic (exact) mass is 809 g/mol. The van der Waals surface area contributed by atoms with Gasteiger partial charge in [0.15, 0.2) is 27.9 Å². The lowest BCUT2D eigenvalue weighted by Gasteiger charge is -2.49. The van der Waals surface area contributed by atoms with Gasteiger partial charge in [-0.2, -0.15) is 0 Å². The summed E-state index contributed by atoms with van der Waals surface area (Å²) in [5.74, 6) is 3.14. The number of nitrogen functional groups attached to an aromatic ring is 1. The number of nitrogens with two attached hydrogens (primary N) is 2. The van der Waals surface area contributed by atoms with E-state index in [1.807, 2.05) is 66.1 Å². The van der Waals surface area contributed by atoms with Gasteiger partial charge in [0, 0.05) is 16.9 Å². The fourth-order valence-corrected chi connectivity index (χ4v) is 8.43. The zero-order valence-electron chi connectivity index (χ0n) is 26.1. The molecule has 268 valence electrons. The van der Waals surface area contributed by atoms with Gasteiger partial charge in [0.25, 0.3) is 17.7 Å². The molecule has 6 N–H and O–H groups in total. The Bertz CT molecular complexity index is 1860. The highest BCUT2D eigenvalue weighted by Gasteiger charge is 2.55. The van der Waals surface area contributed by atoms with E-state index in [1.165, 1.54) is 45.1 Å². The van der Waals surface area contributed by atoms with Crippen molar-refractivity contribution in [3.63, 3.8) is 0 Å². The molecule has 0 radical (unpaired) electrons. The fourth-order valence-electron chi connectivity index (χ4n) is 4.91. The third-order valence-corrected chi connectivity index (χ3v) is 11.1. The lowest BCUT2D eigenvalue weighted by molar-refractivity contribution is -0.154. The molecule has 0 spiro atoms. The van der Waals surface area contributed by atoms with E-state index in [1.54, 1.807) is 5.51 Å². The minimum atomic E-state index is -1.02. The van der Waals surface area contributed by atoms with Crippen LogP contribution in [-0.4, -0.2) is 79.0 Å². The number of hydrogen-bond donors (Lipinski definition) is 4. The number of β-lactam (4-membered cyclic amide) rings is 1. The van der Waals surface area contributed by atoms with Gasteiger partial charge in [-0.25, -0.2) is 15.6 Å². The number of ether oxygens (including phenoxy) is 1. The maximum absolute atomic E-state index is 14.2. The topological polar surface area (TPSA) is 217 Å². The second kappa shape index (κ2) is 18.3. The van der Waals surface area contributed by atoms with Crippen molar-refractivity contribution in [2.45, 2.75) is 21.9 Å². The number of hydrazine groups is 1. The van der Waals surface area contributed by atoms with E-state index in [2.05, 4.69) is 25.7 Å². The number of nitrogens with zero attached hydrogens (tertiary/aromatic N) is 5. The van der Waals surface area contributed by atoms with Crippen molar-refractivity contribution in [2.75, 3.05) is 23.8 Å². The molecule has 2 aromatic heterocycles. The number of esters is 1. The normalized spacial score (nSPS) is 16.6. The molecule has 0 bridgehead atoms. The summed E-state index contributed by atoms with van der Waals surface area (Å²) in [6.45, 7) is -0.567. The Balaban J connectivity index is 0.00000292. The molecule has 0 saturated carbocycles. The van der Waals surface area contributed by atoms with Gasteiger partial charge in [-0.15, -0.1) is 58.1 Å². The number of amides is 3. The third kappa shape index (κ3) is 9.17. The molecule has 2 aromatic carbocycles. The fraction of sp³-hybridized carbons (Fsp3) is 0.200. The Morgan fingerprint density at radius 1 is 1.06 bits per heavy atom. The van der Waals surface area contributed by atoms with E-state index >= 15 is 0 Å². The summed E-state index contributed by atoms with van der Waals surface area (Å²) in [5.41, 5.74) is 11.4. The summed E-state index contributed by atoms with van der Waals surface area (Å²) < 4.78 is 6.91. The van der Waals surface area contributed by atoms with Crippen LogP contribution in [-0.2, 0) is 28.8 Å². The molecule has 0 aliphatic carbocycles. The Labute approximate surface area is 319 Å². The summed E-state index contributed by atoms with van der Waals surface area (Å²) in [6, 6.07) is 17.6. The van der Waals surface area contributed by atoms with Gasteiger partial charge < -0.3 is 20.6 Å². The summed E-state index contributed by atoms with van der Waals surface area (Å²) in [7, 11) is 0. The van der Waals surface area contributed by atoms with Crippen LogP contribution in [0.4, 0.5) is 5.13 Å². The maximum atomic E-state index is 14.2. The molecule has 21 heteroatoms. The Kier molecular flexibility index (Phi) is 14.2. The average molecular weight is 811 g/mol. The highest BCUT2D eigenvalue weighted by Crippen LogP contribution is 2.43. The molecule has 3 amide bonds. The number of thioether (sulfide) groups is 2. The molecular weight excluding hydrogens is 782 g/mol. The van der Waals surface area contributed by atoms with Gasteiger partial charge in [-0.1, -0.05) is 88.9 Å². The number of carbonyl (C=O) groups is 4. The number of hydrogen-bond acceptors (Lipinski definition) is 16. The largest absolute Gasteiger partial charge is 0.448 e. The smallest absolute Gasteiger partial charge is 0.356 e. The number of nitrogens with one attached hydrogen (secondary N) is 2. The second-order valence-corrected chi connectivity index (χ2v) is 14.3. The molecule has 51 heavy (non-hydrogen) atoms. The zero-order valence-corrected chi connectivity index (χ0v) is 31.0. The number of fused-ring (bicyclic) bond motifs is 1. The second-order valence-electron chi connectivity index (χ2n) is 10.3. The molecule has 2 atom stereocenters. The van der Waals surface area contributed by atoms with Gasteiger partial charge in [-0.05, 0) is 16.7 Å². The number of anilines is 1. The average Bonchev–Trinajstić information content (AvgIpc) is 3.82. The Hall–Kier alpha value is -4.24. The maximum Gasteiger partial charge on any atom is 0.356 e. The van der Waals surface area contributed by atoms with Crippen molar-refractivity contribution >= 4 is 106 Å². The quantitative estimate of drug-likeness (QED) is 0.0291. The van der Waals surface area contributed by atoms with Crippen molar-refractivity contribution in [3.8, 4) is 0 Å². The van der Waals surface area contributed by atoms with Crippen LogP contribution in [0.2, 0.25) is 0 Å². The number of carbonyl (C=O) groups excluding carboxylic acids is 4. The van der Waals surface area contributed by atoms with Crippen molar-refractivity contribution in [1.29, 1.82) is 0 Å². The van der Waals surface area contributed by atoms with Crippen molar-refractivity contribution in [2.24, 2.45) is 11.0 Å². The molecule has 2 aliphatic heterocycles. The van der Waals surface area contributed by atoms with Crippen molar-refractivity contribution < 1.29 is 28.8 Å². The molecule has 1 saturated heterocycles. The van der Waals surface area contributed by atoms with Gasteiger partial charge in [0.2, 0.25) is 0 Å². The SMILES string of the molecule is Cl.Cl.NNC(=O)CO/N=C(/C(=O)NC1C(=O)N2C(C(=O)OC(c3ccccc3)c3ccccc3)=C(CSc3nncs3)CS[C@H]12)c1csc(N)n1. The molecule has 4 aromatic rings. The first-order valence-corrected chi connectivity index (χ1v) is 18.2. The molecule has 6 rings (SSSR count). The van der Waals surface area contributed by atoms with Gasteiger partial charge in [0.1, 0.15) is 28.3 Å². The van der Waals surface area contributed by atoms with E-state index in [0.717, 1.165) is 22.5 Å². The van der Waals surface area contributed by atoms with Crippen LogP contribution in [0.5, 0.6) is 0 Å². The lowest BCUT2D eigenvalue weighted by atomic mass is 10.0. The molecule has 15 nitrogen and oxygen atoms in total. The molecule has 1 fully saturated rings. The van der Waals surface area contributed by atoms with Crippen LogP contribution in [0, 0.1) is 0 Å². The summed E-state index contributed by atoms with van der Waals surface area (Å²) in [5, 5.41) is 15.4. The first kappa shape index (κ1) is 39.5. The number of benzene rings is 2. The summed E-state index contributed by atoms with van der Waals surface area (Å²) >= 11 is 5.22. The molecular formula is C30H29Cl2N9O6S4. The Morgan fingerprint density at radius 3 is 2.33 bits per heavy atom. The number of halogens is 2. The molecule has 2 aliphatic rings. The van der Waals surface area contributed by atoms with E-state index in [-0.39, 0.29) is 47.0 Å². The number of thiazole rings is 1. The van der Waals surface area contributed by atoms with Crippen molar-refractivity contribution in [1.82, 2.24) is 30.8 Å². The predicted octanol–water partition coefficient (Wildman–Crippen LogP) is 2.91. The van der Waals surface area contributed by atoms with Gasteiger partial charge >= 0.3 is 5.97 Å². The first-order chi connectivity index (χ1) is 23.8. The summed E-state index contributed by atoms with van der Waals surface area (Å²) in [4.78, 5) is 63.5. The number of aromatic nitrogens is 3. The lowest BCUT2D eigenvalue weighted by Crippen LogP contribution is -2.71. The minimum Gasteiger partial charge on any atom is -0.448 e. The van der Waals surface area contributed by atoms with Crippen LogP contribution in [0.15, 0.2) is 92.3 Å². The predicted molar refractivity (Wildman–Crippen MR) is 199 cm³/mol. The standard InChI is InChI=1S/C30H27N9O6S4.2ClH/c31-29-34-19(14-47-29)21(38-44-11-20(40)36-32)25(41)35-22-26(42)39-23(18(12-46-27(22)39)13-48-30-37-33-15-49-30)28(43)45-24(16-7-3-1-4-8-16)17-9-5-2-6-10-17;;/h1-10,14-15,22,24,27H,11-13,32H2,(H2,31,34)(H,35,41)(H,36,40);2*1H/b38-21+;;/t22?,27-;;/m1../s1. The highest BCUT2D eigenvalue weighted by molar-refractivity contribution is 8.01. The highest BCUT2D eigenvalue weighted by atomic mass is 35.5. The minimum absolute atomic E-state index is 0. The van der Waals surface area contributed by atoms with Gasteiger partial charge in [-0.3, -0.25) is 24.7 Å². The zero-order chi connectivity index (χ0) is 34.3. The molecule has 4 heterocycles. The van der Waals surface area contributed by atoms with Crippen LogP contribution in [0.1, 0.15) is 22.9 Å².